The van der Waals surface area contributed by atoms with Gasteiger partial charge in [-0.1, -0.05) is 0 Å². The average Bonchev–Trinajstić information content (AvgIpc) is 2.88. The number of methoxy groups -OCH3 is 2. The summed E-state index contributed by atoms with van der Waals surface area (Å²) in [6.07, 6.45) is 0. The third-order valence-corrected chi connectivity index (χ3v) is 4.94. The summed E-state index contributed by atoms with van der Waals surface area (Å²) in [5.74, 6) is 2.11. The quantitative estimate of drug-likeness (QED) is 0.304. The largest absolute Gasteiger partial charge is 0.493 e. The first kappa shape index (κ1) is 24.5. The van der Waals surface area contributed by atoms with E-state index in [1.165, 1.54) is 5.56 Å². The molecule has 1 aromatic heterocycles. The highest BCUT2D eigenvalue weighted by Crippen LogP contribution is 2.36. The Morgan fingerprint density at radius 3 is 2.46 bits per heavy atom. The second-order valence-electron chi connectivity index (χ2n) is 6.13. The van der Waals surface area contributed by atoms with Crippen LogP contribution in [0.15, 0.2) is 21.6 Å². The molecule has 0 saturated heterocycles. The molecular weight excluding hydrogens is 537 g/mol. The van der Waals surface area contributed by atoms with E-state index in [1.54, 1.807) is 14.2 Å². The Bertz CT molecular complexity index is 823. The van der Waals surface area contributed by atoms with Gasteiger partial charge < -0.3 is 20.1 Å². The predicted molar refractivity (Wildman–Crippen MR) is 127 cm³/mol. The Hall–Kier alpha value is -1.49. The molecule has 2 N–H and O–H groups in total. The molecule has 2 aromatic rings. The second-order valence-corrected chi connectivity index (χ2v) is 6.99. The van der Waals surface area contributed by atoms with Crippen LogP contribution in [0.4, 0.5) is 0 Å². The topological polar surface area (TPSA) is 72.7 Å². The van der Waals surface area contributed by atoms with E-state index < -0.39 is 0 Å². The van der Waals surface area contributed by atoms with E-state index in [9.17, 15) is 0 Å². The van der Waals surface area contributed by atoms with Crippen molar-refractivity contribution in [2.24, 2.45) is 12.0 Å². The number of halogens is 2. The number of aryl methyl sites for hydroxylation is 2. The van der Waals surface area contributed by atoms with E-state index >= 15 is 0 Å². The number of benzene rings is 1. The lowest BCUT2D eigenvalue weighted by atomic mass is 10.2. The van der Waals surface area contributed by atoms with E-state index in [2.05, 4.69) is 43.6 Å². The number of rotatable bonds is 7. The zero-order valence-electron chi connectivity index (χ0n) is 17.2. The first-order valence-electron chi connectivity index (χ1n) is 8.82. The molecule has 0 fully saturated rings. The van der Waals surface area contributed by atoms with Crippen LogP contribution in [0, 0.1) is 13.8 Å². The summed E-state index contributed by atoms with van der Waals surface area (Å²) in [5.41, 5.74) is 4.39. The number of aliphatic imine (C=N–C) groups is 1. The Balaban J connectivity index is 0.00000392. The lowest BCUT2D eigenvalue weighted by Gasteiger charge is -2.13. The molecule has 0 aliphatic rings. The van der Waals surface area contributed by atoms with Crippen LogP contribution in [0.5, 0.6) is 11.5 Å². The molecule has 0 radical (unpaired) electrons. The molecular formula is C19H29BrIN5O2. The van der Waals surface area contributed by atoms with Gasteiger partial charge in [0, 0.05) is 31.4 Å². The van der Waals surface area contributed by atoms with Gasteiger partial charge in [0.25, 0.3) is 0 Å². The number of nitrogens with one attached hydrogen (secondary N) is 2. The van der Waals surface area contributed by atoms with Crippen molar-refractivity contribution in [1.29, 1.82) is 0 Å². The third-order valence-electron chi connectivity index (χ3n) is 4.35. The molecule has 2 rings (SSSR count). The zero-order valence-corrected chi connectivity index (χ0v) is 21.1. The Morgan fingerprint density at radius 1 is 1.21 bits per heavy atom. The van der Waals surface area contributed by atoms with Gasteiger partial charge in [-0.3, -0.25) is 4.68 Å². The minimum atomic E-state index is 0. The van der Waals surface area contributed by atoms with Crippen LogP contribution in [0.3, 0.4) is 0 Å². The van der Waals surface area contributed by atoms with Gasteiger partial charge in [-0.05, 0) is 54.4 Å². The van der Waals surface area contributed by atoms with Gasteiger partial charge in [0.15, 0.2) is 17.5 Å². The summed E-state index contributed by atoms with van der Waals surface area (Å²) in [7, 11) is 5.21. The van der Waals surface area contributed by atoms with Crippen LogP contribution < -0.4 is 20.1 Å². The van der Waals surface area contributed by atoms with Crippen LogP contribution in [0.2, 0.25) is 0 Å². The van der Waals surface area contributed by atoms with E-state index in [1.807, 2.05) is 37.7 Å². The fourth-order valence-corrected chi connectivity index (χ4v) is 3.47. The molecule has 0 aliphatic heterocycles. The molecule has 1 heterocycles. The molecule has 0 bridgehead atoms. The Morgan fingerprint density at radius 2 is 1.93 bits per heavy atom. The Labute approximate surface area is 192 Å². The van der Waals surface area contributed by atoms with Crippen LogP contribution >= 0.6 is 39.9 Å². The predicted octanol–water partition coefficient (Wildman–Crippen LogP) is 3.69. The summed E-state index contributed by atoms with van der Waals surface area (Å²) in [5, 5.41) is 11.1. The summed E-state index contributed by atoms with van der Waals surface area (Å²) in [6, 6.07) is 3.93. The van der Waals surface area contributed by atoms with Crippen molar-refractivity contribution in [3.05, 3.63) is 39.1 Å². The van der Waals surface area contributed by atoms with Gasteiger partial charge in [0.2, 0.25) is 0 Å². The number of hydrogen-bond donors (Lipinski definition) is 2. The maximum Gasteiger partial charge on any atom is 0.191 e. The normalized spacial score (nSPS) is 11.0. The smallest absolute Gasteiger partial charge is 0.191 e. The second kappa shape index (κ2) is 11.5. The third kappa shape index (κ3) is 6.00. The molecule has 1 aromatic carbocycles. The first-order chi connectivity index (χ1) is 12.9. The standard InChI is InChI=1S/C19H28BrN5O2.HI/c1-7-21-19(23-11-15-12(2)24-25(4)13(15)3)22-10-14-8-16(20)18(27-6)17(9-14)26-5;/h8-9H,7,10-11H2,1-6H3,(H2,21,22,23);1H. The van der Waals surface area contributed by atoms with Crippen molar-refractivity contribution < 1.29 is 9.47 Å². The highest BCUT2D eigenvalue weighted by Gasteiger charge is 2.12. The van der Waals surface area contributed by atoms with Crippen molar-refractivity contribution in [3.8, 4) is 11.5 Å². The number of nitrogens with zero attached hydrogens (tertiary/aromatic N) is 3. The van der Waals surface area contributed by atoms with Gasteiger partial charge in [0.05, 0.1) is 30.9 Å². The van der Waals surface area contributed by atoms with Gasteiger partial charge in [-0.15, -0.1) is 24.0 Å². The van der Waals surface area contributed by atoms with Crippen LogP contribution in [0.25, 0.3) is 0 Å². The summed E-state index contributed by atoms with van der Waals surface area (Å²) >= 11 is 3.52. The molecule has 0 unspecified atom stereocenters. The molecule has 0 saturated carbocycles. The van der Waals surface area contributed by atoms with Crippen LogP contribution in [-0.4, -0.2) is 36.5 Å². The molecule has 156 valence electrons. The highest BCUT2D eigenvalue weighted by atomic mass is 127. The highest BCUT2D eigenvalue weighted by molar-refractivity contribution is 14.0. The number of aromatic nitrogens is 2. The maximum atomic E-state index is 5.40. The minimum Gasteiger partial charge on any atom is -0.493 e. The van der Waals surface area contributed by atoms with E-state index in [4.69, 9.17) is 9.47 Å². The van der Waals surface area contributed by atoms with Crippen molar-refractivity contribution in [1.82, 2.24) is 20.4 Å². The molecule has 0 amide bonds. The van der Waals surface area contributed by atoms with Gasteiger partial charge in [-0.25, -0.2) is 4.99 Å². The number of hydrogen-bond acceptors (Lipinski definition) is 4. The number of ether oxygens (including phenoxy) is 2. The maximum absolute atomic E-state index is 5.40. The lowest BCUT2D eigenvalue weighted by molar-refractivity contribution is 0.352. The van der Waals surface area contributed by atoms with Crippen LogP contribution in [-0.2, 0) is 20.1 Å². The van der Waals surface area contributed by atoms with Gasteiger partial charge in [-0.2, -0.15) is 5.10 Å². The fourth-order valence-electron chi connectivity index (χ4n) is 2.82. The molecule has 28 heavy (non-hydrogen) atoms. The SMILES string of the molecule is CCNC(=NCc1cc(Br)c(OC)c(OC)c1)NCc1c(C)nn(C)c1C.I. The molecule has 0 atom stereocenters. The Kier molecular flexibility index (Phi) is 10.1. The molecule has 7 nitrogen and oxygen atoms in total. The lowest BCUT2D eigenvalue weighted by Crippen LogP contribution is -2.37. The van der Waals surface area contributed by atoms with Crippen molar-refractivity contribution in [2.75, 3.05) is 20.8 Å². The molecule has 9 heteroatoms. The monoisotopic (exact) mass is 565 g/mol. The minimum absolute atomic E-state index is 0. The van der Waals surface area contributed by atoms with Gasteiger partial charge in [0.1, 0.15) is 0 Å². The van der Waals surface area contributed by atoms with E-state index in [0.29, 0.717) is 24.6 Å². The summed E-state index contributed by atoms with van der Waals surface area (Å²) in [4.78, 5) is 4.69. The van der Waals surface area contributed by atoms with Crippen molar-refractivity contribution in [3.63, 3.8) is 0 Å². The van der Waals surface area contributed by atoms with E-state index in [0.717, 1.165) is 33.9 Å². The van der Waals surface area contributed by atoms with Crippen molar-refractivity contribution in [2.45, 2.75) is 33.9 Å². The zero-order chi connectivity index (χ0) is 20.0. The van der Waals surface area contributed by atoms with E-state index in [-0.39, 0.29) is 24.0 Å². The summed E-state index contributed by atoms with van der Waals surface area (Å²) < 4.78 is 13.5. The van der Waals surface area contributed by atoms with Crippen molar-refractivity contribution >= 4 is 45.9 Å². The first-order valence-corrected chi connectivity index (χ1v) is 9.62. The average molecular weight is 566 g/mol. The molecule has 0 spiro atoms. The number of guanidine groups is 1. The summed E-state index contributed by atoms with van der Waals surface area (Å²) in [6.45, 7) is 8.11. The van der Waals surface area contributed by atoms with Crippen LogP contribution in [0.1, 0.15) is 29.4 Å². The van der Waals surface area contributed by atoms with Gasteiger partial charge >= 0.3 is 0 Å². The molecule has 0 aliphatic carbocycles. The fraction of sp³-hybridized carbons (Fsp3) is 0.474.